The van der Waals surface area contributed by atoms with Crippen molar-refractivity contribution in [2.24, 2.45) is 7.05 Å². The summed E-state index contributed by atoms with van der Waals surface area (Å²) in [6.45, 7) is 2.87. The highest BCUT2D eigenvalue weighted by Gasteiger charge is 2.08. The van der Waals surface area contributed by atoms with Crippen molar-refractivity contribution in [1.82, 2.24) is 19.3 Å². The lowest BCUT2D eigenvalue weighted by atomic mass is 10.2. The number of aromatic nitrogens is 4. The van der Waals surface area contributed by atoms with E-state index in [4.69, 9.17) is 5.73 Å². The Balaban J connectivity index is 1.92. The van der Waals surface area contributed by atoms with Crippen molar-refractivity contribution in [3.8, 4) is 0 Å². The van der Waals surface area contributed by atoms with Crippen molar-refractivity contribution < 1.29 is 0 Å². The molecule has 5 nitrogen and oxygen atoms in total. The monoisotopic (exact) mass is 255 g/mol. The second-order valence-electron chi connectivity index (χ2n) is 4.81. The number of nitrogens with zero attached hydrogens (tertiary/aromatic N) is 4. The van der Waals surface area contributed by atoms with Gasteiger partial charge in [-0.15, -0.1) is 0 Å². The van der Waals surface area contributed by atoms with Gasteiger partial charge >= 0.3 is 0 Å². The topological polar surface area (TPSA) is 61.7 Å². The molecule has 1 aromatic carbocycles. The van der Waals surface area contributed by atoms with Crippen molar-refractivity contribution in [2.75, 3.05) is 5.73 Å². The Bertz CT molecular complexity index is 723. The van der Waals surface area contributed by atoms with E-state index in [1.54, 1.807) is 0 Å². The first-order chi connectivity index (χ1) is 9.15. The normalized spacial score (nSPS) is 11.3. The highest BCUT2D eigenvalue weighted by Crippen LogP contribution is 2.19. The molecule has 0 spiro atoms. The van der Waals surface area contributed by atoms with Gasteiger partial charge in [-0.3, -0.25) is 4.68 Å². The number of hydrogen-bond acceptors (Lipinski definition) is 3. The third-order valence-corrected chi connectivity index (χ3v) is 3.45. The summed E-state index contributed by atoms with van der Waals surface area (Å²) in [5, 5.41) is 4.17. The minimum absolute atomic E-state index is 0.572. The van der Waals surface area contributed by atoms with E-state index in [9.17, 15) is 0 Å². The van der Waals surface area contributed by atoms with Gasteiger partial charge in [0, 0.05) is 31.9 Å². The van der Waals surface area contributed by atoms with E-state index in [1.807, 2.05) is 24.0 Å². The van der Waals surface area contributed by atoms with Gasteiger partial charge in [-0.05, 0) is 30.7 Å². The van der Waals surface area contributed by atoms with Crippen LogP contribution in [0.3, 0.4) is 0 Å². The molecule has 0 atom stereocenters. The summed E-state index contributed by atoms with van der Waals surface area (Å²) in [6, 6.07) is 8.26. The molecular weight excluding hydrogens is 238 g/mol. The molecule has 3 aromatic rings. The molecule has 0 unspecified atom stereocenters. The van der Waals surface area contributed by atoms with Gasteiger partial charge in [0.25, 0.3) is 0 Å². The average molecular weight is 255 g/mol. The number of rotatable bonds is 3. The van der Waals surface area contributed by atoms with Crippen molar-refractivity contribution in [3.63, 3.8) is 0 Å². The maximum Gasteiger partial charge on any atom is 0.201 e. The Morgan fingerprint density at radius 1 is 1.26 bits per heavy atom. The maximum absolute atomic E-state index is 6.01. The summed E-state index contributed by atoms with van der Waals surface area (Å²) in [6.07, 6.45) is 2.70. The molecule has 0 saturated carbocycles. The van der Waals surface area contributed by atoms with Crippen molar-refractivity contribution >= 4 is 17.0 Å². The van der Waals surface area contributed by atoms with Crippen molar-refractivity contribution in [1.29, 1.82) is 0 Å². The number of nitrogen functional groups attached to an aromatic ring is 1. The van der Waals surface area contributed by atoms with Gasteiger partial charge in [0.05, 0.1) is 11.0 Å². The van der Waals surface area contributed by atoms with Crippen LogP contribution in [-0.4, -0.2) is 19.3 Å². The Labute approximate surface area is 111 Å². The van der Waals surface area contributed by atoms with Crippen LogP contribution < -0.4 is 5.73 Å². The van der Waals surface area contributed by atoms with Crippen LogP contribution in [-0.2, 0) is 20.0 Å². The third-order valence-electron chi connectivity index (χ3n) is 3.45. The Morgan fingerprint density at radius 3 is 2.84 bits per heavy atom. The third kappa shape index (κ3) is 2.07. The maximum atomic E-state index is 6.01. The molecule has 0 radical (unpaired) electrons. The number of nitrogens with two attached hydrogens (primary N) is 1. The molecule has 0 bridgehead atoms. The van der Waals surface area contributed by atoms with E-state index in [1.165, 1.54) is 11.3 Å². The molecule has 2 heterocycles. The smallest absolute Gasteiger partial charge is 0.201 e. The summed E-state index contributed by atoms with van der Waals surface area (Å²) >= 11 is 0. The molecule has 3 rings (SSSR count). The fourth-order valence-corrected chi connectivity index (χ4v) is 2.37. The van der Waals surface area contributed by atoms with E-state index >= 15 is 0 Å². The van der Waals surface area contributed by atoms with E-state index < -0.39 is 0 Å². The Kier molecular flexibility index (Phi) is 2.74. The van der Waals surface area contributed by atoms with E-state index in [0.29, 0.717) is 5.95 Å². The molecule has 0 aliphatic carbocycles. The fourth-order valence-electron chi connectivity index (χ4n) is 2.37. The van der Waals surface area contributed by atoms with E-state index in [0.717, 1.165) is 24.0 Å². The molecule has 2 aromatic heterocycles. The number of benzene rings is 1. The van der Waals surface area contributed by atoms with E-state index in [2.05, 4.69) is 39.8 Å². The van der Waals surface area contributed by atoms with Crippen LogP contribution in [0.5, 0.6) is 0 Å². The predicted octanol–water partition coefficient (Wildman–Crippen LogP) is 1.90. The number of aryl methyl sites for hydroxylation is 4. The van der Waals surface area contributed by atoms with E-state index in [-0.39, 0.29) is 0 Å². The highest BCUT2D eigenvalue weighted by atomic mass is 15.3. The first-order valence-electron chi connectivity index (χ1n) is 6.34. The fraction of sp³-hybridized carbons (Fsp3) is 0.286. The molecule has 98 valence electrons. The zero-order chi connectivity index (χ0) is 13.4. The molecular formula is C14H17N5. The second kappa shape index (κ2) is 4.42. The van der Waals surface area contributed by atoms with Crippen LogP contribution in [0.4, 0.5) is 5.95 Å². The van der Waals surface area contributed by atoms with Gasteiger partial charge in [-0.1, -0.05) is 6.07 Å². The minimum atomic E-state index is 0.572. The molecule has 0 aliphatic rings. The number of fused-ring (bicyclic) bond motifs is 1. The van der Waals surface area contributed by atoms with Gasteiger partial charge in [0.2, 0.25) is 5.95 Å². The zero-order valence-corrected chi connectivity index (χ0v) is 11.2. The van der Waals surface area contributed by atoms with Crippen molar-refractivity contribution in [3.05, 3.63) is 41.7 Å². The first kappa shape index (κ1) is 11.8. The molecule has 0 saturated heterocycles. The number of hydrogen-bond donors (Lipinski definition) is 1. The number of anilines is 1. The van der Waals surface area contributed by atoms with Crippen LogP contribution >= 0.6 is 0 Å². The van der Waals surface area contributed by atoms with Crippen LogP contribution in [0.15, 0.2) is 30.5 Å². The van der Waals surface area contributed by atoms with Gasteiger partial charge in [-0.25, -0.2) is 4.98 Å². The van der Waals surface area contributed by atoms with Gasteiger partial charge < -0.3 is 10.3 Å². The SMILES string of the molecule is Cc1ccc2c(c1)nc(N)n2CCc1ccnn1C. The zero-order valence-electron chi connectivity index (χ0n) is 11.2. The molecule has 19 heavy (non-hydrogen) atoms. The quantitative estimate of drug-likeness (QED) is 0.777. The van der Waals surface area contributed by atoms with Crippen LogP contribution in [0.1, 0.15) is 11.3 Å². The van der Waals surface area contributed by atoms with Gasteiger partial charge in [0.1, 0.15) is 0 Å². The Hall–Kier alpha value is -2.30. The minimum Gasteiger partial charge on any atom is -0.369 e. The molecule has 2 N–H and O–H groups in total. The lowest BCUT2D eigenvalue weighted by Gasteiger charge is -2.07. The van der Waals surface area contributed by atoms with Crippen molar-refractivity contribution in [2.45, 2.75) is 19.9 Å². The van der Waals surface area contributed by atoms with Crippen LogP contribution in [0.2, 0.25) is 0 Å². The average Bonchev–Trinajstić information content (AvgIpc) is 2.90. The molecule has 5 heteroatoms. The van der Waals surface area contributed by atoms with Gasteiger partial charge in [0.15, 0.2) is 0 Å². The summed E-state index contributed by atoms with van der Waals surface area (Å²) in [7, 11) is 1.95. The summed E-state index contributed by atoms with van der Waals surface area (Å²) < 4.78 is 3.95. The summed E-state index contributed by atoms with van der Waals surface area (Å²) in [4.78, 5) is 4.41. The lowest BCUT2D eigenvalue weighted by molar-refractivity contribution is 0.651. The summed E-state index contributed by atoms with van der Waals surface area (Å²) in [5.74, 6) is 0.572. The summed E-state index contributed by atoms with van der Waals surface area (Å²) in [5.41, 5.74) is 10.4. The van der Waals surface area contributed by atoms with Crippen LogP contribution in [0, 0.1) is 6.92 Å². The molecule has 0 amide bonds. The van der Waals surface area contributed by atoms with Gasteiger partial charge in [-0.2, -0.15) is 5.10 Å². The molecule has 0 fully saturated rings. The standard InChI is InChI=1S/C14H17N5/c1-10-3-4-13-12(9-10)17-14(15)19(13)8-6-11-5-7-16-18(11)2/h3-5,7,9H,6,8H2,1-2H3,(H2,15,17). The van der Waals surface area contributed by atoms with Crippen LogP contribution in [0.25, 0.3) is 11.0 Å². The highest BCUT2D eigenvalue weighted by molar-refractivity contribution is 5.79. The lowest BCUT2D eigenvalue weighted by Crippen LogP contribution is -2.08. The number of imidazole rings is 1. The predicted molar refractivity (Wildman–Crippen MR) is 75.8 cm³/mol. The second-order valence-corrected chi connectivity index (χ2v) is 4.81. The largest absolute Gasteiger partial charge is 0.369 e. The first-order valence-corrected chi connectivity index (χ1v) is 6.34. The molecule has 0 aliphatic heterocycles. The Morgan fingerprint density at radius 2 is 2.11 bits per heavy atom.